The fraction of sp³-hybridized carbons (Fsp3) is 0.278. The average Bonchev–Trinajstić information content (AvgIpc) is 2.56. The Morgan fingerprint density at radius 2 is 2.00 bits per heavy atom. The van der Waals surface area contributed by atoms with Crippen molar-refractivity contribution in [3.63, 3.8) is 0 Å². The van der Waals surface area contributed by atoms with E-state index < -0.39 is 0 Å². The van der Waals surface area contributed by atoms with Crippen LogP contribution < -0.4 is 14.8 Å². The Morgan fingerprint density at radius 1 is 1.21 bits per heavy atom. The summed E-state index contributed by atoms with van der Waals surface area (Å²) in [6.07, 6.45) is 0.689. The molecule has 1 amide bonds. The largest absolute Gasteiger partial charge is 0.493 e. The Kier molecular flexibility index (Phi) is 6.76. The van der Waals surface area contributed by atoms with Gasteiger partial charge in [0.15, 0.2) is 11.5 Å². The Hall–Kier alpha value is -1.91. The summed E-state index contributed by atoms with van der Waals surface area (Å²) < 4.78 is 10.7. The number of carbonyl (C=O) groups is 1. The van der Waals surface area contributed by atoms with Gasteiger partial charge >= 0.3 is 0 Å². The van der Waals surface area contributed by atoms with Crippen molar-refractivity contribution in [3.05, 3.63) is 57.6 Å². The van der Waals surface area contributed by atoms with E-state index >= 15 is 0 Å². The first-order chi connectivity index (χ1) is 11.5. The fourth-order valence-electron chi connectivity index (χ4n) is 2.25. The van der Waals surface area contributed by atoms with Gasteiger partial charge in [0, 0.05) is 17.1 Å². The van der Waals surface area contributed by atoms with E-state index in [0.29, 0.717) is 46.7 Å². The molecule has 2 rings (SSSR count). The fourth-order valence-corrected chi connectivity index (χ4v) is 2.73. The van der Waals surface area contributed by atoms with Gasteiger partial charge in [0.1, 0.15) is 0 Å². The van der Waals surface area contributed by atoms with E-state index in [1.54, 1.807) is 12.1 Å². The van der Waals surface area contributed by atoms with Crippen LogP contribution in [0.2, 0.25) is 10.0 Å². The smallest absolute Gasteiger partial charge is 0.251 e. The topological polar surface area (TPSA) is 47.6 Å². The predicted octanol–water partition coefficient (Wildman–Crippen LogP) is 4.37. The molecule has 0 aliphatic rings. The molecule has 6 heteroatoms. The van der Waals surface area contributed by atoms with Crippen LogP contribution in [0.5, 0.6) is 11.5 Å². The molecular formula is C18H19Cl2NO3. The zero-order chi connectivity index (χ0) is 17.5. The number of hydrogen-bond acceptors (Lipinski definition) is 3. The number of nitrogens with one attached hydrogen (secondary N) is 1. The maximum atomic E-state index is 12.3. The lowest BCUT2D eigenvalue weighted by atomic mass is 10.1. The average molecular weight is 368 g/mol. The third-order valence-electron chi connectivity index (χ3n) is 3.37. The number of carbonyl (C=O) groups excluding carboxylic acids is 1. The molecule has 0 saturated heterocycles. The Balaban J connectivity index is 2.03. The van der Waals surface area contributed by atoms with Crippen LogP contribution in [-0.2, 0) is 6.42 Å². The van der Waals surface area contributed by atoms with Crippen molar-refractivity contribution >= 4 is 29.1 Å². The van der Waals surface area contributed by atoms with E-state index in [2.05, 4.69) is 5.32 Å². The van der Waals surface area contributed by atoms with E-state index in [1.165, 1.54) is 7.11 Å². The summed E-state index contributed by atoms with van der Waals surface area (Å²) in [7, 11) is 1.51. The van der Waals surface area contributed by atoms with Crippen LogP contribution >= 0.6 is 23.2 Å². The minimum atomic E-state index is -0.222. The first kappa shape index (κ1) is 18.4. The molecule has 2 aromatic rings. The number of methoxy groups -OCH3 is 1. The maximum absolute atomic E-state index is 12.3. The lowest BCUT2D eigenvalue weighted by molar-refractivity contribution is 0.0953. The lowest BCUT2D eigenvalue weighted by Gasteiger charge is -2.13. The van der Waals surface area contributed by atoms with Gasteiger partial charge in [-0.1, -0.05) is 35.3 Å². The van der Waals surface area contributed by atoms with E-state index in [-0.39, 0.29) is 5.91 Å². The molecular weight excluding hydrogens is 349 g/mol. The maximum Gasteiger partial charge on any atom is 0.251 e. The highest BCUT2D eigenvalue weighted by Gasteiger charge is 2.15. The minimum absolute atomic E-state index is 0.222. The summed E-state index contributed by atoms with van der Waals surface area (Å²) >= 11 is 12.1. The molecule has 0 unspecified atom stereocenters. The highest BCUT2D eigenvalue weighted by atomic mass is 35.5. The molecule has 0 bridgehead atoms. The number of amides is 1. The second-order valence-electron chi connectivity index (χ2n) is 5.06. The van der Waals surface area contributed by atoms with Gasteiger partial charge in [-0.25, -0.2) is 0 Å². The van der Waals surface area contributed by atoms with Crippen molar-refractivity contribution in [1.82, 2.24) is 5.32 Å². The molecule has 0 aliphatic heterocycles. The lowest BCUT2D eigenvalue weighted by Crippen LogP contribution is -2.25. The zero-order valence-electron chi connectivity index (χ0n) is 13.6. The molecule has 1 N–H and O–H groups in total. The third-order valence-corrected chi connectivity index (χ3v) is 3.88. The first-order valence-electron chi connectivity index (χ1n) is 7.58. The van der Waals surface area contributed by atoms with Crippen LogP contribution in [0.25, 0.3) is 0 Å². The molecule has 2 aromatic carbocycles. The molecule has 0 aliphatic carbocycles. The van der Waals surface area contributed by atoms with E-state index in [4.69, 9.17) is 32.7 Å². The summed E-state index contributed by atoms with van der Waals surface area (Å²) in [6.45, 7) is 2.81. The molecule has 24 heavy (non-hydrogen) atoms. The number of halogens is 2. The van der Waals surface area contributed by atoms with Gasteiger partial charge in [-0.3, -0.25) is 4.79 Å². The van der Waals surface area contributed by atoms with Gasteiger partial charge in [0.25, 0.3) is 5.91 Å². The second kappa shape index (κ2) is 8.81. The summed E-state index contributed by atoms with van der Waals surface area (Å²) in [5, 5.41) is 3.89. The minimum Gasteiger partial charge on any atom is -0.493 e. The Morgan fingerprint density at radius 3 is 2.67 bits per heavy atom. The van der Waals surface area contributed by atoms with Crippen molar-refractivity contribution in [2.45, 2.75) is 13.3 Å². The van der Waals surface area contributed by atoms with Crippen molar-refractivity contribution in [2.24, 2.45) is 0 Å². The molecule has 0 spiro atoms. The zero-order valence-corrected chi connectivity index (χ0v) is 15.1. The van der Waals surface area contributed by atoms with Gasteiger partial charge in [0.2, 0.25) is 0 Å². The molecule has 0 aromatic heterocycles. The normalized spacial score (nSPS) is 10.3. The summed E-state index contributed by atoms with van der Waals surface area (Å²) in [6, 6.07) is 10.7. The van der Waals surface area contributed by atoms with Crippen LogP contribution in [0, 0.1) is 0 Å². The Labute approximate surface area is 151 Å². The number of hydrogen-bond donors (Lipinski definition) is 1. The number of ether oxygens (including phenoxy) is 2. The summed E-state index contributed by atoms with van der Waals surface area (Å²) in [4.78, 5) is 12.3. The standard InChI is InChI=1S/C18H19Cl2NO3/c1-3-24-17-15(20)10-13(11-16(17)23-2)18(22)21-8-7-12-5-4-6-14(19)9-12/h4-6,9-11H,3,7-8H2,1-2H3,(H,21,22). The van der Waals surface area contributed by atoms with Crippen LogP contribution in [0.15, 0.2) is 36.4 Å². The number of benzene rings is 2. The molecule has 0 saturated carbocycles. The van der Waals surface area contributed by atoms with E-state index in [9.17, 15) is 4.79 Å². The molecule has 0 radical (unpaired) electrons. The molecule has 0 atom stereocenters. The van der Waals surface area contributed by atoms with Gasteiger partial charge in [-0.2, -0.15) is 0 Å². The van der Waals surface area contributed by atoms with Gasteiger partial charge in [-0.05, 0) is 43.2 Å². The van der Waals surface area contributed by atoms with Crippen molar-refractivity contribution in [3.8, 4) is 11.5 Å². The Bertz CT molecular complexity index is 719. The first-order valence-corrected chi connectivity index (χ1v) is 8.33. The van der Waals surface area contributed by atoms with E-state index in [0.717, 1.165) is 5.56 Å². The predicted molar refractivity (Wildman–Crippen MR) is 96.7 cm³/mol. The van der Waals surface area contributed by atoms with E-state index in [1.807, 2.05) is 31.2 Å². The highest BCUT2D eigenvalue weighted by molar-refractivity contribution is 6.32. The van der Waals surface area contributed by atoms with Crippen molar-refractivity contribution in [2.75, 3.05) is 20.3 Å². The SMILES string of the molecule is CCOc1c(Cl)cc(C(=O)NCCc2cccc(Cl)c2)cc1OC. The highest BCUT2D eigenvalue weighted by Crippen LogP contribution is 2.36. The van der Waals surface area contributed by atoms with Crippen molar-refractivity contribution < 1.29 is 14.3 Å². The molecule has 128 valence electrons. The van der Waals surface area contributed by atoms with Gasteiger partial charge in [0.05, 0.1) is 18.7 Å². The number of rotatable bonds is 7. The molecule has 4 nitrogen and oxygen atoms in total. The van der Waals surface area contributed by atoms with Crippen LogP contribution in [0.3, 0.4) is 0 Å². The quantitative estimate of drug-likeness (QED) is 0.789. The molecule has 0 heterocycles. The van der Waals surface area contributed by atoms with Crippen LogP contribution in [0.4, 0.5) is 0 Å². The van der Waals surface area contributed by atoms with Crippen molar-refractivity contribution in [1.29, 1.82) is 0 Å². The van der Waals surface area contributed by atoms with Crippen LogP contribution in [-0.4, -0.2) is 26.2 Å². The molecule has 0 fully saturated rings. The van der Waals surface area contributed by atoms with Gasteiger partial charge < -0.3 is 14.8 Å². The van der Waals surface area contributed by atoms with Gasteiger partial charge in [-0.15, -0.1) is 0 Å². The second-order valence-corrected chi connectivity index (χ2v) is 5.90. The monoisotopic (exact) mass is 367 g/mol. The summed E-state index contributed by atoms with van der Waals surface area (Å²) in [5.74, 6) is 0.654. The summed E-state index contributed by atoms with van der Waals surface area (Å²) in [5.41, 5.74) is 1.48. The van der Waals surface area contributed by atoms with Crippen LogP contribution in [0.1, 0.15) is 22.8 Å². The third kappa shape index (κ3) is 4.79.